The van der Waals surface area contributed by atoms with E-state index in [1.54, 1.807) is 22.7 Å². The molecule has 0 N–H and O–H groups in total. The summed E-state index contributed by atoms with van der Waals surface area (Å²) >= 11 is 3.49. The summed E-state index contributed by atoms with van der Waals surface area (Å²) in [4.78, 5) is 15.0. The predicted octanol–water partition coefficient (Wildman–Crippen LogP) is 12.0. The lowest BCUT2D eigenvalue weighted by atomic mass is 9.37. The van der Waals surface area contributed by atoms with Crippen molar-refractivity contribution >= 4 is 110 Å². The normalized spacial score (nSPS) is 11.8. The first kappa shape index (κ1) is 33.2. The Hall–Kier alpha value is -6.93. The van der Waals surface area contributed by atoms with Crippen LogP contribution in [0.2, 0.25) is 0 Å². The Morgan fingerprint density at radius 2 is 0.741 bits per heavy atom. The number of thiazole rings is 2. The van der Waals surface area contributed by atoms with Crippen LogP contribution in [0.1, 0.15) is 0 Å². The SMILES string of the molecule is c1ccc2cc3oc(-c4ccc(B(c5ccc(-c6nc7cc8ccccc8cc7s6)cc5)c5ccc(-c6nc7cc8ccccc8cc7s6)cc5)cc4)nc3cc2c1. The van der Waals surface area contributed by atoms with Gasteiger partial charge in [0.15, 0.2) is 5.58 Å². The van der Waals surface area contributed by atoms with Gasteiger partial charge in [0.2, 0.25) is 12.6 Å². The number of aromatic nitrogens is 3. The zero-order valence-corrected chi connectivity index (χ0v) is 32.6. The zero-order chi connectivity index (χ0) is 38.2. The second-order valence-electron chi connectivity index (χ2n) is 14.9. The fourth-order valence-electron chi connectivity index (χ4n) is 8.24. The third-order valence-electron chi connectivity index (χ3n) is 11.2. The van der Waals surface area contributed by atoms with Crippen LogP contribution in [0.25, 0.3) is 96.4 Å². The van der Waals surface area contributed by atoms with Gasteiger partial charge in [0.1, 0.15) is 15.5 Å². The van der Waals surface area contributed by atoms with Gasteiger partial charge in [-0.3, -0.25) is 0 Å². The van der Waals surface area contributed by atoms with E-state index in [0.29, 0.717) is 5.89 Å². The molecule has 0 saturated heterocycles. The molecule has 12 aromatic rings. The summed E-state index contributed by atoms with van der Waals surface area (Å²) in [6, 6.07) is 64.9. The Morgan fingerprint density at radius 1 is 0.362 bits per heavy atom. The van der Waals surface area contributed by atoms with E-state index >= 15 is 0 Å². The van der Waals surface area contributed by atoms with Gasteiger partial charge in [0, 0.05) is 16.7 Å². The van der Waals surface area contributed by atoms with Crippen molar-refractivity contribution in [3.63, 3.8) is 0 Å². The van der Waals surface area contributed by atoms with Crippen molar-refractivity contribution in [1.29, 1.82) is 0 Å². The van der Waals surface area contributed by atoms with Crippen LogP contribution in [0.15, 0.2) is 186 Å². The van der Waals surface area contributed by atoms with E-state index in [2.05, 4.69) is 176 Å². The van der Waals surface area contributed by atoms with Gasteiger partial charge in [-0.2, -0.15) is 0 Å². The highest BCUT2D eigenvalue weighted by atomic mass is 32.1. The molecule has 270 valence electrons. The van der Waals surface area contributed by atoms with Crippen molar-refractivity contribution in [3.8, 4) is 32.6 Å². The van der Waals surface area contributed by atoms with Crippen molar-refractivity contribution < 1.29 is 4.42 Å². The molecule has 12 rings (SSSR count). The van der Waals surface area contributed by atoms with Gasteiger partial charge in [0.25, 0.3) is 0 Å². The summed E-state index contributed by atoms with van der Waals surface area (Å²) in [5, 5.41) is 9.24. The lowest BCUT2D eigenvalue weighted by Crippen LogP contribution is -2.51. The van der Waals surface area contributed by atoms with Crippen LogP contribution in [-0.2, 0) is 0 Å². The molecule has 0 atom stereocenters. The first-order chi connectivity index (χ1) is 28.6. The lowest BCUT2D eigenvalue weighted by Gasteiger charge is -2.17. The summed E-state index contributed by atoms with van der Waals surface area (Å²) in [7, 11) is 0. The number of benzene rings is 9. The van der Waals surface area contributed by atoms with Crippen molar-refractivity contribution in [3.05, 3.63) is 182 Å². The molecule has 0 radical (unpaired) electrons. The molecule has 0 aliphatic rings. The van der Waals surface area contributed by atoms with Crippen molar-refractivity contribution in [1.82, 2.24) is 15.0 Å². The van der Waals surface area contributed by atoms with Crippen LogP contribution < -0.4 is 16.4 Å². The second-order valence-corrected chi connectivity index (χ2v) is 16.9. The highest BCUT2D eigenvalue weighted by Gasteiger charge is 2.23. The highest BCUT2D eigenvalue weighted by molar-refractivity contribution is 7.22. The number of hydrogen-bond donors (Lipinski definition) is 0. The molecule has 0 saturated carbocycles. The molecule has 7 heteroatoms. The topological polar surface area (TPSA) is 51.8 Å². The maximum atomic E-state index is 6.31. The number of oxazole rings is 1. The van der Waals surface area contributed by atoms with E-state index in [9.17, 15) is 0 Å². The van der Waals surface area contributed by atoms with E-state index in [1.165, 1.54) is 47.3 Å². The lowest BCUT2D eigenvalue weighted by molar-refractivity contribution is 0.620. The molecule has 0 amide bonds. The van der Waals surface area contributed by atoms with Gasteiger partial charge >= 0.3 is 0 Å². The quantitative estimate of drug-likeness (QED) is 0.158. The molecule has 0 aliphatic heterocycles. The Bertz CT molecular complexity index is 2980. The van der Waals surface area contributed by atoms with Crippen LogP contribution in [0, 0.1) is 0 Å². The fourth-order valence-corrected chi connectivity index (χ4v) is 10.2. The second kappa shape index (κ2) is 13.3. The molecule has 0 aliphatic carbocycles. The smallest absolute Gasteiger partial charge is 0.241 e. The van der Waals surface area contributed by atoms with Gasteiger partial charge in [0.05, 0.1) is 20.4 Å². The summed E-state index contributed by atoms with van der Waals surface area (Å²) in [6.45, 7) is -0.00702. The van der Waals surface area contributed by atoms with E-state index in [4.69, 9.17) is 19.4 Å². The van der Waals surface area contributed by atoms with Crippen molar-refractivity contribution in [2.75, 3.05) is 0 Å². The number of fused-ring (bicyclic) bond motifs is 6. The molecule has 3 aromatic heterocycles. The van der Waals surface area contributed by atoms with Crippen molar-refractivity contribution in [2.45, 2.75) is 0 Å². The molecule has 58 heavy (non-hydrogen) atoms. The van der Waals surface area contributed by atoms with Gasteiger partial charge in [-0.15, -0.1) is 22.7 Å². The Morgan fingerprint density at radius 3 is 1.19 bits per heavy atom. The maximum Gasteiger partial charge on any atom is 0.241 e. The maximum absolute atomic E-state index is 6.31. The number of nitrogens with zero attached hydrogens (tertiary/aromatic N) is 3. The molecule has 4 nitrogen and oxygen atoms in total. The summed E-state index contributed by atoms with van der Waals surface area (Å²) in [5.74, 6) is 0.620. The predicted molar refractivity (Wildman–Crippen MR) is 247 cm³/mol. The van der Waals surface area contributed by atoms with Crippen LogP contribution in [0.5, 0.6) is 0 Å². The minimum absolute atomic E-state index is 0.00702. The fraction of sp³-hybridized carbons (Fsp3) is 0. The van der Waals surface area contributed by atoms with E-state index in [1.807, 2.05) is 6.07 Å². The zero-order valence-electron chi connectivity index (χ0n) is 31.0. The average Bonchev–Trinajstić information content (AvgIpc) is 4.01. The van der Waals surface area contributed by atoms with Crippen LogP contribution in [0.4, 0.5) is 0 Å². The largest absolute Gasteiger partial charge is 0.436 e. The number of hydrogen-bond acceptors (Lipinski definition) is 6. The summed E-state index contributed by atoms with van der Waals surface area (Å²) < 4.78 is 8.71. The molecule has 0 spiro atoms. The standard InChI is InChI=1S/C51H30BN3OS2/c1-4-10-37-28-46-43(25-34(37)7-1)53-49(56-46)31-13-19-40(20-14-31)52(41-21-15-32(16-22-41)50-54-44-26-35-8-2-5-11-38(35)29-47(44)57-50)42-23-17-33(18-24-42)51-55-45-27-36-9-3-6-12-39(36)30-48(45)58-51/h1-30H. The van der Waals surface area contributed by atoms with Gasteiger partial charge < -0.3 is 4.42 Å². The third kappa shape index (κ3) is 5.78. The van der Waals surface area contributed by atoms with Crippen LogP contribution in [0.3, 0.4) is 0 Å². The third-order valence-corrected chi connectivity index (χ3v) is 13.4. The van der Waals surface area contributed by atoms with Gasteiger partial charge in [-0.25, -0.2) is 15.0 Å². The number of rotatable bonds is 6. The van der Waals surface area contributed by atoms with E-state index < -0.39 is 0 Å². The Labute approximate surface area is 341 Å². The molecule has 3 heterocycles. The first-order valence-corrected chi connectivity index (χ1v) is 21.0. The van der Waals surface area contributed by atoms with Gasteiger partial charge in [-0.1, -0.05) is 162 Å². The average molecular weight is 776 g/mol. The van der Waals surface area contributed by atoms with Crippen LogP contribution in [-0.4, -0.2) is 21.7 Å². The highest BCUT2D eigenvalue weighted by Crippen LogP contribution is 2.34. The monoisotopic (exact) mass is 775 g/mol. The molecule has 9 aromatic carbocycles. The molecular weight excluding hydrogens is 746 g/mol. The van der Waals surface area contributed by atoms with E-state index in [-0.39, 0.29) is 6.71 Å². The Balaban J connectivity index is 0.911. The first-order valence-electron chi connectivity index (χ1n) is 19.3. The van der Waals surface area contributed by atoms with Gasteiger partial charge in [-0.05, 0) is 68.7 Å². The minimum Gasteiger partial charge on any atom is -0.436 e. The molecule has 0 bridgehead atoms. The molecular formula is C51H30BN3OS2. The summed E-state index contributed by atoms with van der Waals surface area (Å²) in [5.41, 5.74) is 10.5. The van der Waals surface area contributed by atoms with Crippen molar-refractivity contribution in [2.24, 2.45) is 0 Å². The van der Waals surface area contributed by atoms with Crippen LogP contribution >= 0.6 is 22.7 Å². The molecule has 0 fully saturated rings. The summed E-state index contributed by atoms with van der Waals surface area (Å²) in [6.07, 6.45) is 0. The van der Waals surface area contributed by atoms with E-state index in [0.717, 1.165) is 59.6 Å². The minimum atomic E-state index is -0.00702. The Kier molecular flexibility index (Phi) is 7.65. The molecule has 0 unspecified atom stereocenters.